The van der Waals surface area contributed by atoms with Crippen LogP contribution in [0.3, 0.4) is 0 Å². The Balaban J connectivity index is 3.60. The summed E-state index contributed by atoms with van der Waals surface area (Å²) in [6.07, 6.45) is -0.342. The summed E-state index contributed by atoms with van der Waals surface area (Å²) in [5.74, 6) is 0. The van der Waals surface area contributed by atoms with Gasteiger partial charge in [-0.05, 0) is 0 Å². The molecule has 0 rings (SSSR count). The first kappa shape index (κ1) is 9.67. The number of rotatable bonds is 3. The van der Waals surface area contributed by atoms with E-state index >= 15 is 0 Å². The summed E-state index contributed by atoms with van der Waals surface area (Å²) >= 11 is 1.39. The maximum atomic E-state index is 10.1. The molecule has 0 aromatic heterocycles. The molecule has 0 amide bonds. The van der Waals surface area contributed by atoms with Gasteiger partial charge >= 0.3 is 61.8 Å². The molecule has 0 saturated heterocycles. The molecule has 0 aliphatic heterocycles. The monoisotopic (exact) mass is 216 g/mol. The van der Waals surface area contributed by atoms with Crippen molar-refractivity contribution in [2.24, 2.45) is 0 Å². The Morgan fingerprint density at radius 2 is 2.22 bits per heavy atom. The SMILES string of the molecule is CC(C[AsH2])OP(=O)(O)O. The van der Waals surface area contributed by atoms with E-state index < -0.39 is 7.82 Å². The first-order valence-electron chi connectivity index (χ1n) is 2.39. The molecule has 2 atom stereocenters. The molecule has 2 unspecified atom stereocenters. The van der Waals surface area contributed by atoms with Gasteiger partial charge in [-0.15, -0.1) is 0 Å². The molecule has 2 N–H and O–H groups in total. The van der Waals surface area contributed by atoms with Crippen molar-refractivity contribution in [3.05, 3.63) is 0 Å². The molecule has 56 valence electrons. The first-order chi connectivity index (χ1) is 3.95. The Morgan fingerprint density at radius 3 is 2.33 bits per heavy atom. The van der Waals surface area contributed by atoms with Gasteiger partial charge in [-0.3, -0.25) is 0 Å². The summed E-state index contributed by atoms with van der Waals surface area (Å²) in [5, 5.41) is 0.665. The van der Waals surface area contributed by atoms with Gasteiger partial charge in [0.05, 0.1) is 0 Å². The molecule has 0 aromatic carbocycles. The normalized spacial score (nSPS) is 15.6. The van der Waals surface area contributed by atoms with Crippen LogP contribution in [0, 0.1) is 0 Å². The molecule has 0 aromatic rings. The second-order valence-electron chi connectivity index (χ2n) is 1.64. The molecule has 0 radical (unpaired) electrons. The van der Waals surface area contributed by atoms with Crippen LogP contribution in [0.25, 0.3) is 0 Å². The quantitative estimate of drug-likeness (QED) is 0.494. The Labute approximate surface area is 62.3 Å². The zero-order valence-electron chi connectivity index (χ0n) is 5.02. The third-order valence-corrected chi connectivity index (χ3v) is 2.68. The van der Waals surface area contributed by atoms with Crippen molar-refractivity contribution in [1.29, 1.82) is 0 Å². The van der Waals surface area contributed by atoms with Crippen LogP contribution in [0.5, 0.6) is 0 Å². The van der Waals surface area contributed by atoms with Crippen molar-refractivity contribution in [1.82, 2.24) is 0 Å². The molecule has 0 saturated carbocycles. The van der Waals surface area contributed by atoms with E-state index in [2.05, 4.69) is 4.52 Å². The number of hydrogen-bond acceptors (Lipinski definition) is 2. The van der Waals surface area contributed by atoms with Crippen LogP contribution in [0.15, 0.2) is 0 Å². The Hall–Kier alpha value is 0.668. The van der Waals surface area contributed by atoms with Crippen molar-refractivity contribution >= 4 is 24.7 Å². The summed E-state index contributed by atoms with van der Waals surface area (Å²) in [7, 11) is -4.23. The van der Waals surface area contributed by atoms with Crippen LogP contribution in [0.2, 0.25) is 5.21 Å². The minimum absolute atomic E-state index is 0.342. The molecule has 4 nitrogen and oxygen atoms in total. The van der Waals surface area contributed by atoms with E-state index in [1.54, 1.807) is 6.92 Å². The molecule has 0 aliphatic rings. The molecule has 0 fully saturated rings. The zero-order chi connectivity index (χ0) is 7.49. The van der Waals surface area contributed by atoms with Crippen LogP contribution in [0.1, 0.15) is 6.92 Å². The maximum absolute atomic E-state index is 10.1. The van der Waals surface area contributed by atoms with Gasteiger partial charge in [0, 0.05) is 0 Å². The Morgan fingerprint density at radius 1 is 1.78 bits per heavy atom. The second-order valence-corrected chi connectivity index (χ2v) is 3.82. The van der Waals surface area contributed by atoms with Crippen LogP contribution in [-0.4, -0.2) is 32.7 Å². The molecule has 6 heteroatoms. The molecular formula is C3H10AsO4P. The van der Waals surface area contributed by atoms with Crippen LogP contribution in [0.4, 0.5) is 0 Å². The van der Waals surface area contributed by atoms with Gasteiger partial charge in [0.15, 0.2) is 0 Å². The van der Waals surface area contributed by atoms with E-state index in [4.69, 9.17) is 9.79 Å². The third-order valence-electron chi connectivity index (χ3n) is 0.649. The number of hydrogen-bond donors (Lipinski definition) is 2. The van der Waals surface area contributed by atoms with Crippen molar-refractivity contribution in [3.8, 4) is 0 Å². The van der Waals surface area contributed by atoms with Gasteiger partial charge in [-0.2, -0.15) is 0 Å². The van der Waals surface area contributed by atoms with E-state index in [0.29, 0.717) is 5.21 Å². The standard InChI is InChI=1S/C3H10AsO4P/c1-3(2-4)8-9(5,6)7/h3H,2,4H2,1H3,(H2,5,6,7). The molecular weight excluding hydrogens is 206 g/mol. The summed E-state index contributed by atoms with van der Waals surface area (Å²) in [6, 6.07) is 0. The van der Waals surface area contributed by atoms with E-state index in [1.165, 1.54) is 16.9 Å². The summed E-state index contributed by atoms with van der Waals surface area (Å²) in [6.45, 7) is 1.63. The van der Waals surface area contributed by atoms with Gasteiger partial charge in [-0.25, -0.2) is 0 Å². The van der Waals surface area contributed by atoms with Crippen molar-refractivity contribution in [2.45, 2.75) is 18.2 Å². The minimum atomic E-state index is -4.23. The fourth-order valence-corrected chi connectivity index (χ4v) is 1.37. The fraction of sp³-hybridized carbons (Fsp3) is 1.00. The van der Waals surface area contributed by atoms with Gasteiger partial charge in [0.2, 0.25) is 0 Å². The number of phosphoric ester groups is 1. The summed E-state index contributed by atoms with van der Waals surface area (Å²) in [5.41, 5.74) is 0. The molecule has 0 heterocycles. The van der Waals surface area contributed by atoms with Gasteiger partial charge in [0.25, 0.3) is 0 Å². The number of phosphoric acid groups is 1. The van der Waals surface area contributed by atoms with Crippen LogP contribution >= 0.6 is 7.82 Å². The van der Waals surface area contributed by atoms with Crippen LogP contribution < -0.4 is 0 Å². The molecule has 0 bridgehead atoms. The average molecular weight is 216 g/mol. The molecule has 0 aliphatic carbocycles. The fourth-order valence-electron chi connectivity index (χ4n) is 0.277. The Kier molecular flexibility index (Phi) is 4.02. The zero-order valence-corrected chi connectivity index (χ0v) is 8.34. The molecule has 9 heavy (non-hydrogen) atoms. The summed E-state index contributed by atoms with van der Waals surface area (Å²) < 4.78 is 14.3. The van der Waals surface area contributed by atoms with Crippen molar-refractivity contribution < 1.29 is 18.9 Å². The van der Waals surface area contributed by atoms with Gasteiger partial charge in [0.1, 0.15) is 0 Å². The first-order valence-corrected chi connectivity index (χ1v) is 5.64. The average Bonchev–Trinajstić information content (AvgIpc) is 1.62. The van der Waals surface area contributed by atoms with Gasteiger partial charge in [-0.1, -0.05) is 0 Å². The van der Waals surface area contributed by atoms with Crippen molar-refractivity contribution in [2.75, 3.05) is 0 Å². The van der Waals surface area contributed by atoms with E-state index in [9.17, 15) is 4.57 Å². The molecule has 0 spiro atoms. The topological polar surface area (TPSA) is 66.8 Å². The van der Waals surface area contributed by atoms with E-state index in [1.807, 2.05) is 0 Å². The predicted octanol–water partition coefficient (Wildman–Crippen LogP) is -0.464. The third kappa shape index (κ3) is 6.56. The van der Waals surface area contributed by atoms with Crippen molar-refractivity contribution in [3.63, 3.8) is 0 Å². The Bertz CT molecular complexity index is 121. The van der Waals surface area contributed by atoms with E-state index in [-0.39, 0.29) is 6.10 Å². The second kappa shape index (κ2) is 3.74. The predicted molar refractivity (Wildman–Crippen MR) is 35.9 cm³/mol. The van der Waals surface area contributed by atoms with Gasteiger partial charge < -0.3 is 0 Å². The van der Waals surface area contributed by atoms with Crippen LogP contribution in [-0.2, 0) is 9.09 Å². The van der Waals surface area contributed by atoms with E-state index in [0.717, 1.165) is 0 Å². The summed E-state index contributed by atoms with van der Waals surface area (Å²) in [4.78, 5) is 16.4.